The van der Waals surface area contributed by atoms with Crippen LogP contribution in [0.15, 0.2) is 24.3 Å². The van der Waals surface area contributed by atoms with Crippen LogP contribution in [-0.4, -0.2) is 16.9 Å². The maximum atomic E-state index is 12.8. The van der Waals surface area contributed by atoms with Gasteiger partial charge in [-0.05, 0) is 17.7 Å². The van der Waals surface area contributed by atoms with Gasteiger partial charge in [0.15, 0.2) is 0 Å². The molecule has 0 aliphatic carbocycles. The third-order valence-electron chi connectivity index (χ3n) is 1.72. The Hall–Kier alpha value is -1.65. The first-order valence-corrected chi connectivity index (χ1v) is 3.87. The number of nitrogens with two attached hydrogens (primary N) is 1. The molecule has 1 amide bonds. The van der Waals surface area contributed by atoms with Crippen molar-refractivity contribution >= 4 is 5.91 Å². The van der Waals surface area contributed by atoms with Crippen LogP contribution in [0.3, 0.4) is 0 Å². The third kappa shape index (κ3) is 2.42. The smallest absolute Gasteiger partial charge is 0.328 e. The minimum absolute atomic E-state index is 0.0175. The highest BCUT2D eigenvalue weighted by Crippen LogP contribution is 2.20. The van der Waals surface area contributed by atoms with E-state index >= 15 is 0 Å². The van der Waals surface area contributed by atoms with Crippen molar-refractivity contribution in [3.05, 3.63) is 29.8 Å². The summed E-state index contributed by atoms with van der Waals surface area (Å²) in [6, 6.07) is 5.16. The predicted octanol–water partition coefficient (Wildman–Crippen LogP) is 1.06. The maximum absolute atomic E-state index is 12.8. The molecule has 0 aromatic heterocycles. The molecule has 3 nitrogen and oxygen atoms in total. The number of benzene rings is 1. The van der Waals surface area contributed by atoms with Crippen molar-refractivity contribution in [2.45, 2.75) is 12.3 Å². The summed E-state index contributed by atoms with van der Waals surface area (Å²) in [5, 5.41) is 8.89. The summed E-state index contributed by atoms with van der Waals surface area (Å²) in [5.41, 5.74) is 4.75. The molecule has 0 atom stereocenters. The van der Waals surface area contributed by atoms with Gasteiger partial charge in [0.1, 0.15) is 5.75 Å². The molecule has 1 rings (SSSR count). The van der Waals surface area contributed by atoms with E-state index in [4.69, 9.17) is 5.11 Å². The number of amides is 1. The number of carbonyl (C=O) groups is 1. The van der Waals surface area contributed by atoms with Crippen LogP contribution in [0.25, 0.3) is 0 Å². The molecule has 0 aliphatic rings. The highest BCUT2D eigenvalue weighted by Gasteiger charge is 2.36. The van der Waals surface area contributed by atoms with Crippen molar-refractivity contribution in [1.29, 1.82) is 0 Å². The number of hydrogen-bond acceptors (Lipinski definition) is 2. The second-order valence-corrected chi connectivity index (χ2v) is 2.91. The summed E-state index contributed by atoms with van der Waals surface area (Å²) < 4.78 is 25.6. The summed E-state index contributed by atoms with van der Waals surface area (Å²) in [4.78, 5) is 10.3. The highest BCUT2D eigenvalue weighted by atomic mass is 19.3. The number of phenols is 1. The summed E-state index contributed by atoms with van der Waals surface area (Å²) in [6.07, 6.45) is -0.747. The number of primary amides is 1. The Morgan fingerprint density at radius 2 is 1.86 bits per heavy atom. The molecule has 0 fully saturated rings. The number of rotatable bonds is 3. The Bertz CT molecular complexity index is 335. The average Bonchev–Trinajstić information content (AvgIpc) is 2.08. The van der Waals surface area contributed by atoms with Crippen molar-refractivity contribution in [1.82, 2.24) is 0 Å². The van der Waals surface area contributed by atoms with Gasteiger partial charge in [0, 0.05) is 6.42 Å². The van der Waals surface area contributed by atoms with Crippen molar-refractivity contribution in [3.63, 3.8) is 0 Å². The van der Waals surface area contributed by atoms with E-state index in [9.17, 15) is 13.6 Å². The van der Waals surface area contributed by atoms with Gasteiger partial charge in [-0.15, -0.1) is 0 Å². The Kier molecular flexibility index (Phi) is 2.69. The molecule has 14 heavy (non-hydrogen) atoms. The zero-order valence-electron chi connectivity index (χ0n) is 7.21. The number of phenolic OH excluding ortho intramolecular Hbond substituents is 1. The van der Waals surface area contributed by atoms with Crippen LogP contribution in [0.4, 0.5) is 8.78 Å². The number of halogens is 2. The Balaban J connectivity index is 2.79. The first kappa shape index (κ1) is 10.4. The lowest BCUT2D eigenvalue weighted by Gasteiger charge is -2.11. The van der Waals surface area contributed by atoms with Crippen molar-refractivity contribution in [3.8, 4) is 5.75 Å². The lowest BCUT2D eigenvalue weighted by Crippen LogP contribution is -2.37. The molecule has 0 spiro atoms. The van der Waals surface area contributed by atoms with Crippen LogP contribution >= 0.6 is 0 Å². The lowest BCUT2D eigenvalue weighted by molar-refractivity contribution is -0.141. The van der Waals surface area contributed by atoms with E-state index in [0.717, 1.165) is 0 Å². The van der Waals surface area contributed by atoms with Gasteiger partial charge in [0.2, 0.25) is 0 Å². The van der Waals surface area contributed by atoms with E-state index in [1.807, 2.05) is 0 Å². The summed E-state index contributed by atoms with van der Waals surface area (Å²) in [6.45, 7) is 0. The molecule has 5 heteroatoms. The fourth-order valence-electron chi connectivity index (χ4n) is 0.957. The van der Waals surface area contributed by atoms with E-state index in [0.29, 0.717) is 0 Å². The van der Waals surface area contributed by atoms with Gasteiger partial charge in [-0.25, -0.2) is 0 Å². The Labute approximate surface area is 79.2 Å². The van der Waals surface area contributed by atoms with Gasteiger partial charge in [-0.2, -0.15) is 8.78 Å². The number of carbonyl (C=O) groups excluding carboxylic acids is 1. The molecular weight excluding hydrogens is 192 g/mol. The normalized spacial score (nSPS) is 11.3. The third-order valence-corrected chi connectivity index (χ3v) is 1.72. The zero-order chi connectivity index (χ0) is 10.8. The SMILES string of the molecule is NC(=O)C(F)(F)Cc1ccc(O)cc1. The van der Waals surface area contributed by atoms with E-state index in [1.54, 1.807) is 0 Å². The molecule has 1 aromatic carbocycles. The zero-order valence-corrected chi connectivity index (χ0v) is 7.21. The van der Waals surface area contributed by atoms with Crippen LogP contribution in [0.5, 0.6) is 5.75 Å². The molecular formula is C9H9F2NO2. The lowest BCUT2D eigenvalue weighted by atomic mass is 10.1. The van der Waals surface area contributed by atoms with Crippen LogP contribution in [0.1, 0.15) is 5.56 Å². The largest absolute Gasteiger partial charge is 0.508 e. The molecule has 76 valence electrons. The minimum Gasteiger partial charge on any atom is -0.508 e. The monoisotopic (exact) mass is 201 g/mol. The van der Waals surface area contributed by atoms with Crippen molar-refractivity contribution in [2.75, 3.05) is 0 Å². The van der Waals surface area contributed by atoms with Crippen LogP contribution in [-0.2, 0) is 11.2 Å². The topological polar surface area (TPSA) is 63.3 Å². The van der Waals surface area contributed by atoms with Crippen molar-refractivity contribution in [2.24, 2.45) is 5.73 Å². The molecule has 0 saturated heterocycles. The van der Waals surface area contributed by atoms with Crippen LogP contribution in [0, 0.1) is 0 Å². The van der Waals surface area contributed by atoms with Gasteiger partial charge in [0.05, 0.1) is 0 Å². The standard InChI is InChI=1S/C9H9F2NO2/c10-9(11,8(12)14)5-6-1-3-7(13)4-2-6/h1-4,13H,5H2,(H2,12,14). The van der Waals surface area contributed by atoms with Gasteiger partial charge < -0.3 is 10.8 Å². The molecule has 0 heterocycles. The van der Waals surface area contributed by atoms with Gasteiger partial charge in [-0.1, -0.05) is 12.1 Å². The van der Waals surface area contributed by atoms with Gasteiger partial charge in [-0.3, -0.25) is 4.79 Å². The number of alkyl halides is 2. The maximum Gasteiger partial charge on any atom is 0.328 e. The van der Waals surface area contributed by atoms with Crippen LogP contribution < -0.4 is 5.73 Å². The molecule has 3 N–H and O–H groups in total. The highest BCUT2D eigenvalue weighted by molar-refractivity contribution is 5.81. The quantitative estimate of drug-likeness (QED) is 0.767. The Morgan fingerprint density at radius 1 is 1.36 bits per heavy atom. The summed E-state index contributed by atoms with van der Waals surface area (Å²) >= 11 is 0. The molecule has 0 radical (unpaired) electrons. The predicted molar refractivity (Wildman–Crippen MR) is 46.0 cm³/mol. The second-order valence-electron chi connectivity index (χ2n) is 2.91. The second kappa shape index (κ2) is 3.61. The van der Waals surface area contributed by atoms with E-state index in [2.05, 4.69) is 5.73 Å². The molecule has 0 aliphatic heterocycles. The number of aromatic hydroxyl groups is 1. The van der Waals surface area contributed by atoms with E-state index < -0.39 is 18.3 Å². The van der Waals surface area contributed by atoms with Gasteiger partial charge in [0.25, 0.3) is 5.91 Å². The molecule has 0 bridgehead atoms. The van der Waals surface area contributed by atoms with E-state index in [-0.39, 0.29) is 11.3 Å². The number of hydrogen-bond donors (Lipinski definition) is 2. The fourth-order valence-corrected chi connectivity index (χ4v) is 0.957. The first-order chi connectivity index (χ1) is 6.42. The van der Waals surface area contributed by atoms with E-state index in [1.165, 1.54) is 24.3 Å². The molecule has 1 aromatic rings. The molecule has 0 saturated carbocycles. The van der Waals surface area contributed by atoms with Crippen LogP contribution in [0.2, 0.25) is 0 Å². The average molecular weight is 201 g/mol. The summed E-state index contributed by atoms with van der Waals surface area (Å²) in [7, 11) is 0. The Morgan fingerprint density at radius 3 is 2.29 bits per heavy atom. The van der Waals surface area contributed by atoms with Gasteiger partial charge >= 0.3 is 5.92 Å². The minimum atomic E-state index is -3.54. The fraction of sp³-hybridized carbons (Fsp3) is 0.222. The first-order valence-electron chi connectivity index (χ1n) is 3.87. The molecule has 0 unspecified atom stereocenters. The van der Waals surface area contributed by atoms with Crippen molar-refractivity contribution < 1.29 is 18.7 Å². The summed E-state index contributed by atoms with van der Waals surface area (Å²) in [5.74, 6) is -5.21.